The van der Waals surface area contributed by atoms with E-state index < -0.39 is 0 Å². The number of hydrogen-bond acceptors (Lipinski definition) is 3. The third-order valence-electron chi connectivity index (χ3n) is 3.65. The first-order chi connectivity index (χ1) is 10.3. The molecule has 2 rings (SSSR count). The van der Waals surface area contributed by atoms with Gasteiger partial charge < -0.3 is 14.7 Å². The highest BCUT2D eigenvalue weighted by molar-refractivity contribution is 5.87. The van der Waals surface area contributed by atoms with Gasteiger partial charge in [0.25, 0.3) is 0 Å². The Hall–Kier alpha value is -1.42. The van der Waals surface area contributed by atoms with Crippen LogP contribution in [0.15, 0.2) is 30.3 Å². The zero-order valence-electron chi connectivity index (χ0n) is 14.8. The van der Waals surface area contributed by atoms with Crippen LogP contribution < -0.4 is 0 Å². The Kier molecular flexibility index (Phi) is 5.57. The summed E-state index contributed by atoms with van der Waals surface area (Å²) in [5.74, 6) is 0. The van der Waals surface area contributed by atoms with Gasteiger partial charge in [-0.15, -0.1) is 0 Å². The first-order valence-corrected chi connectivity index (χ1v) is 7.84. The zero-order chi connectivity index (χ0) is 16.3. The van der Waals surface area contributed by atoms with Gasteiger partial charge in [0.05, 0.1) is 0 Å². The maximum absolute atomic E-state index is 2.36. The molecule has 0 heterocycles. The SMILES string of the molecule is CN(C)Cc1ccc2c(CN(C)C)cc(CN(C)C)cc2c1. The summed E-state index contributed by atoms with van der Waals surface area (Å²) < 4.78 is 0. The van der Waals surface area contributed by atoms with Gasteiger partial charge in [-0.05, 0) is 81.9 Å². The minimum absolute atomic E-state index is 0.977. The Morgan fingerprint density at radius 2 is 1.18 bits per heavy atom. The Morgan fingerprint density at radius 1 is 0.636 bits per heavy atom. The van der Waals surface area contributed by atoms with Crippen molar-refractivity contribution in [1.82, 2.24) is 14.7 Å². The molecule has 0 bridgehead atoms. The molecule has 0 aliphatic carbocycles. The Morgan fingerprint density at radius 3 is 1.77 bits per heavy atom. The molecular formula is C19H29N3. The number of nitrogens with zero attached hydrogens (tertiary/aromatic N) is 3. The maximum atomic E-state index is 2.36. The molecule has 3 heteroatoms. The van der Waals surface area contributed by atoms with Crippen LogP contribution in [0, 0.1) is 0 Å². The number of fused-ring (bicyclic) bond motifs is 1. The summed E-state index contributed by atoms with van der Waals surface area (Å²) in [7, 11) is 12.7. The predicted octanol–water partition coefficient (Wildman–Crippen LogP) is 3.02. The van der Waals surface area contributed by atoms with E-state index >= 15 is 0 Å². The molecule has 2 aromatic rings. The van der Waals surface area contributed by atoms with E-state index in [2.05, 4.69) is 87.3 Å². The topological polar surface area (TPSA) is 9.72 Å². The highest BCUT2D eigenvalue weighted by atomic mass is 15.1. The minimum atomic E-state index is 0.977. The molecule has 0 aromatic heterocycles. The third-order valence-corrected chi connectivity index (χ3v) is 3.65. The molecule has 2 aromatic carbocycles. The molecule has 0 saturated heterocycles. The third kappa shape index (κ3) is 4.54. The minimum Gasteiger partial charge on any atom is -0.305 e. The number of rotatable bonds is 6. The van der Waals surface area contributed by atoms with Crippen LogP contribution in [0.25, 0.3) is 10.8 Å². The average molecular weight is 299 g/mol. The maximum Gasteiger partial charge on any atom is 0.0233 e. The fourth-order valence-corrected chi connectivity index (χ4v) is 2.96. The van der Waals surface area contributed by atoms with Gasteiger partial charge >= 0.3 is 0 Å². The molecule has 0 spiro atoms. The summed E-state index contributed by atoms with van der Waals surface area (Å²) in [5, 5.41) is 2.73. The summed E-state index contributed by atoms with van der Waals surface area (Å²) in [5.41, 5.74) is 4.17. The van der Waals surface area contributed by atoms with Crippen LogP contribution in [0.2, 0.25) is 0 Å². The van der Waals surface area contributed by atoms with E-state index in [1.54, 1.807) is 0 Å². The van der Waals surface area contributed by atoms with Crippen molar-refractivity contribution in [3.63, 3.8) is 0 Å². The Labute approximate surface area is 135 Å². The van der Waals surface area contributed by atoms with Crippen molar-refractivity contribution in [3.8, 4) is 0 Å². The van der Waals surface area contributed by atoms with Gasteiger partial charge in [-0.2, -0.15) is 0 Å². The van der Waals surface area contributed by atoms with Gasteiger partial charge in [0, 0.05) is 19.6 Å². The lowest BCUT2D eigenvalue weighted by molar-refractivity contribution is 0.397. The summed E-state index contributed by atoms with van der Waals surface area (Å²) in [6.45, 7) is 2.94. The van der Waals surface area contributed by atoms with Crippen LogP contribution in [0.1, 0.15) is 16.7 Å². The highest BCUT2D eigenvalue weighted by Gasteiger charge is 2.08. The van der Waals surface area contributed by atoms with Crippen LogP contribution in [0.3, 0.4) is 0 Å². The molecule has 0 fully saturated rings. The monoisotopic (exact) mass is 299 g/mol. The molecule has 0 aliphatic heterocycles. The lowest BCUT2D eigenvalue weighted by Gasteiger charge is -2.17. The van der Waals surface area contributed by atoms with Gasteiger partial charge in [-0.3, -0.25) is 0 Å². The highest BCUT2D eigenvalue weighted by Crippen LogP contribution is 2.24. The van der Waals surface area contributed by atoms with E-state index in [0.717, 1.165) is 19.6 Å². The molecule has 0 N–H and O–H groups in total. The van der Waals surface area contributed by atoms with Crippen molar-refractivity contribution in [1.29, 1.82) is 0 Å². The van der Waals surface area contributed by atoms with Crippen molar-refractivity contribution in [2.45, 2.75) is 19.6 Å². The van der Waals surface area contributed by atoms with Gasteiger partial charge in [-0.25, -0.2) is 0 Å². The van der Waals surface area contributed by atoms with Crippen LogP contribution in [0.4, 0.5) is 0 Å². The lowest BCUT2D eigenvalue weighted by atomic mass is 9.98. The van der Waals surface area contributed by atoms with Gasteiger partial charge in [-0.1, -0.05) is 18.2 Å². The molecule has 0 aliphatic rings. The van der Waals surface area contributed by atoms with E-state index in [-0.39, 0.29) is 0 Å². The smallest absolute Gasteiger partial charge is 0.0233 e. The molecule has 0 saturated carbocycles. The second-order valence-electron chi connectivity index (χ2n) is 7.02. The molecule has 0 radical (unpaired) electrons. The van der Waals surface area contributed by atoms with Crippen LogP contribution in [0.5, 0.6) is 0 Å². The first kappa shape index (κ1) is 16.9. The van der Waals surface area contributed by atoms with Crippen molar-refractivity contribution >= 4 is 10.8 Å². The van der Waals surface area contributed by atoms with Gasteiger partial charge in [0.15, 0.2) is 0 Å². The Balaban J connectivity index is 2.49. The van der Waals surface area contributed by atoms with Crippen molar-refractivity contribution in [3.05, 3.63) is 47.0 Å². The molecule has 3 nitrogen and oxygen atoms in total. The quantitative estimate of drug-likeness (QED) is 0.812. The molecule has 22 heavy (non-hydrogen) atoms. The second kappa shape index (κ2) is 7.23. The summed E-state index contributed by atoms with van der Waals surface area (Å²) >= 11 is 0. The van der Waals surface area contributed by atoms with E-state index in [4.69, 9.17) is 0 Å². The van der Waals surface area contributed by atoms with Gasteiger partial charge in [0.1, 0.15) is 0 Å². The largest absolute Gasteiger partial charge is 0.305 e. The van der Waals surface area contributed by atoms with Crippen molar-refractivity contribution in [2.24, 2.45) is 0 Å². The van der Waals surface area contributed by atoms with E-state index in [1.807, 2.05) is 0 Å². The first-order valence-electron chi connectivity index (χ1n) is 7.84. The summed E-state index contributed by atoms with van der Waals surface area (Å²) in [4.78, 5) is 6.68. The molecule has 0 unspecified atom stereocenters. The van der Waals surface area contributed by atoms with E-state index in [1.165, 1.54) is 27.5 Å². The number of hydrogen-bond donors (Lipinski definition) is 0. The molecule has 0 amide bonds. The summed E-state index contributed by atoms with van der Waals surface area (Å²) in [6, 6.07) is 11.6. The normalized spacial score (nSPS) is 12.0. The molecule has 0 atom stereocenters. The second-order valence-corrected chi connectivity index (χ2v) is 7.02. The predicted molar refractivity (Wildman–Crippen MR) is 96.1 cm³/mol. The van der Waals surface area contributed by atoms with E-state index in [0.29, 0.717) is 0 Å². The van der Waals surface area contributed by atoms with Crippen LogP contribution in [-0.4, -0.2) is 57.0 Å². The van der Waals surface area contributed by atoms with Crippen molar-refractivity contribution < 1.29 is 0 Å². The summed E-state index contributed by atoms with van der Waals surface area (Å²) in [6.07, 6.45) is 0. The average Bonchev–Trinajstić information content (AvgIpc) is 2.35. The van der Waals surface area contributed by atoms with E-state index in [9.17, 15) is 0 Å². The van der Waals surface area contributed by atoms with Crippen LogP contribution in [-0.2, 0) is 19.6 Å². The fraction of sp³-hybridized carbons (Fsp3) is 0.474. The Bertz CT molecular complexity index is 625. The lowest BCUT2D eigenvalue weighted by Crippen LogP contribution is -2.14. The number of benzene rings is 2. The molecule has 120 valence electrons. The zero-order valence-corrected chi connectivity index (χ0v) is 14.8. The van der Waals surface area contributed by atoms with Crippen LogP contribution >= 0.6 is 0 Å². The van der Waals surface area contributed by atoms with Gasteiger partial charge in [0.2, 0.25) is 0 Å². The fourth-order valence-electron chi connectivity index (χ4n) is 2.96. The standard InChI is InChI=1S/C19H29N3/c1-20(2)12-15-7-8-19-17(9-15)10-16(13-21(3)4)11-18(19)14-22(5)6/h7-11H,12-14H2,1-6H3. The molecular weight excluding hydrogens is 270 g/mol. The van der Waals surface area contributed by atoms with Crippen molar-refractivity contribution in [2.75, 3.05) is 42.3 Å².